The van der Waals surface area contributed by atoms with Gasteiger partial charge in [0.1, 0.15) is 0 Å². The van der Waals surface area contributed by atoms with Crippen LogP contribution in [0.15, 0.2) is 261 Å². The molecule has 0 radical (unpaired) electrons. The van der Waals surface area contributed by atoms with Gasteiger partial charge in [-0.1, -0.05) is 262 Å². The van der Waals surface area contributed by atoms with Gasteiger partial charge in [0.25, 0.3) is 6.71 Å². The minimum atomic E-state index is -0.489. The number of nitrogens with zero attached hydrogens (tertiary/aromatic N) is 3. The van der Waals surface area contributed by atoms with Gasteiger partial charge in [0.15, 0.2) is 0 Å². The van der Waals surface area contributed by atoms with Crippen LogP contribution in [-0.4, -0.2) is 15.8 Å². The van der Waals surface area contributed by atoms with Gasteiger partial charge in [-0.3, -0.25) is 0 Å². The van der Waals surface area contributed by atoms with Crippen LogP contribution in [0, 0.1) is 0 Å². The third kappa shape index (κ3) is 8.40. The average Bonchev–Trinajstić information content (AvgIpc) is 1.30. The smallest absolute Gasteiger partial charge is 0.252 e. The molecule has 88 heavy (non-hydrogen) atoms. The van der Waals surface area contributed by atoms with Gasteiger partial charge in [-0.15, -0.1) is 0 Å². The van der Waals surface area contributed by atoms with Gasteiger partial charge in [0.2, 0.25) is 0 Å². The summed E-state index contributed by atoms with van der Waals surface area (Å²) in [5, 5.41) is 6.66. The highest BCUT2D eigenvalue weighted by Gasteiger charge is 2.44. The molecular formula is C84H70BN3. The highest BCUT2D eigenvalue weighted by atomic mass is 15.2. The van der Waals surface area contributed by atoms with E-state index in [1.165, 1.54) is 5.56 Å². The molecule has 0 amide bonds. The van der Waals surface area contributed by atoms with Crippen LogP contribution >= 0.6 is 0 Å². The Morgan fingerprint density at radius 2 is 0.818 bits per heavy atom. The molecule has 424 valence electrons. The van der Waals surface area contributed by atoms with Crippen LogP contribution in [-0.2, 0) is 16.2 Å². The van der Waals surface area contributed by atoms with E-state index in [4.69, 9.17) is 2.74 Å². The van der Waals surface area contributed by atoms with Gasteiger partial charge in [-0.2, -0.15) is 0 Å². The van der Waals surface area contributed by atoms with E-state index in [9.17, 15) is 8.22 Å². The lowest BCUT2D eigenvalue weighted by atomic mass is 9.33. The van der Waals surface area contributed by atoms with Crippen LogP contribution in [0.4, 0.5) is 17.1 Å². The van der Waals surface area contributed by atoms with Crippen molar-refractivity contribution in [1.29, 1.82) is 0 Å². The molecule has 2 aromatic heterocycles. The second-order valence-corrected chi connectivity index (χ2v) is 27.1. The van der Waals surface area contributed by atoms with Crippen molar-refractivity contribution in [3.8, 4) is 44.8 Å². The van der Waals surface area contributed by atoms with Crippen molar-refractivity contribution >= 4 is 105 Å². The van der Waals surface area contributed by atoms with E-state index in [1.54, 1.807) is 4.57 Å². The van der Waals surface area contributed by atoms with Gasteiger partial charge in [-0.25, -0.2) is 0 Å². The van der Waals surface area contributed by atoms with Crippen molar-refractivity contribution in [2.75, 3.05) is 4.90 Å². The molecule has 2 aliphatic heterocycles. The number of hydrogen-bond donors (Lipinski definition) is 0. The Morgan fingerprint density at radius 1 is 0.330 bits per heavy atom. The normalized spacial score (nSPS) is 14.3. The molecule has 0 atom stereocenters. The van der Waals surface area contributed by atoms with Crippen LogP contribution in [0.3, 0.4) is 0 Å². The first-order chi connectivity index (χ1) is 45.9. The van der Waals surface area contributed by atoms with Crippen molar-refractivity contribution in [3.63, 3.8) is 0 Å². The summed E-state index contributed by atoms with van der Waals surface area (Å²) in [5.41, 5.74) is 18.3. The lowest BCUT2D eigenvalue weighted by Gasteiger charge is -2.43. The molecule has 0 fully saturated rings. The molecule has 0 spiro atoms. The SMILES string of the molecule is [2H]c1c([2H])c([2H])c2c(c1[2H])c1c([2H])c([2H])c([2H])c([2H])c1n2-c1ccc2c(c1)N(c1c(-c3ccccc3)cc(C(C)(C)C)cc1-c1ccccc1)c1cc(C(C)(C)C)cc3c1B2c1cc(-c2ccc(C(C)(C)C)cc2)cc2c4ccccc4c4ccccc4c4ccccc4n-3c12. The van der Waals surface area contributed by atoms with E-state index in [2.05, 4.69) is 278 Å². The van der Waals surface area contributed by atoms with Crippen LogP contribution in [0.25, 0.3) is 110 Å². The zero-order valence-corrected chi connectivity index (χ0v) is 51.1. The van der Waals surface area contributed by atoms with Gasteiger partial charge in [-0.05, 0) is 154 Å². The van der Waals surface area contributed by atoms with Crippen LogP contribution in [0.2, 0.25) is 0 Å². The highest BCUT2D eigenvalue weighted by Crippen LogP contribution is 2.52. The minimum absolute atomic E-state index is 0.0230. The summed E-state index contributed by atoms with van der Waals surface area (Å²) in [6.45, 7) is 19.9. The number of aromatic nitrogens is 2. The molecular weight excluding hydrogens is 1060 g/mol. The first-order valence-corrected chi connectivity index (χ1v) is 30.7. The zero-order chi connectivity index (χ0) is 66.9. The maximum absolute atomic E-state index is 9.78. The summed E-state index contributed by atoms with van der Waals surface area (Å²) < 4.78 is 79.3. The number of benzene rings is 12. The van der Waals surface area contributed by atoms with Crippen LogP contribution in [0.1, 0.15) is 90.0 Å². The molecule has 0 saturated heterocycles. The van der Waals surface area contributed by atoms with E-state index in [-0.39, 0.29) is 56.8 Å². The minimum Gasteiger partial charge on any atom is -0.310 e. The fraction of sp³-hybridized carbons (Fsp3) is 0.143. The Bertz CT molecular complexity index is 5620. The Kier molecular flexibility index (Phi) is 10.2. The molecule has 0 aliphatic carbocycles. The van der Waals surface area contributed by atoms with Crippen molar-refractivity contribution in [1.82, 2.24) is 9.13 Å². The summed E-state index contributed by atoms with van der Waals surface area (Å²) in [5.74, 6) is 0. The third-order valence-electron chi connectivity index (χ3n) is 18.6. The van der Waals surface area contributed by atoms with E-state index in [0.717, 1.165) is 127 Å². The molecule has 0 N–H and O–H groups in total. The zero-order valence-electron chi connectivity index (χ0n) is 59.1. The molecule has 14 aromatic rings. The van der Waals surface area contributed by atoms with Gasteiger partial charge < -0.3 is 14.0 Å². The fourth-order valence-electron chi connectivity index (χ4n) is 14.2. The summed E-state index contributed by atoms with van der Waals surface area (Å²) in [4.78, 5) is 2.47. The molecule has 0 bridgehead atoms. The summed E-state index contributed by atoms with van der Waals surface area (Å²) in [7, 11) is 0. The van der Waals surface area contributed by atoms with Gasteiger partial charge in [0, 0.05) is 60.9 Å². The third-order valence-corrected chi connectivity index (χ3v) is 18.6. The van der Waals surface area contributed by atoms with Crippen molar-refractivity contribution in [2.24, 2.45) is 0 Å². The van der Waals surface area contributed by atoms with Crippen molar-refractivity contribution in [3.05, 3.63) is 277 Å². The number of anilines is 3. The van der Waals surface area contributed by atoms with Gasteiger partial charge in [0.05, 0.1) is 33.2 Å². The largest absolute Gasteiger partial charge is 0.310 e. The van der Waals surface area contributed by atoms with E-state index < -0.39 is 36.3 Å². The van der Waals surface area contributed by atoms with Crippen LogP contribution < -0.4 is 21.3 Å². The maximum Gasteiger partial charge on any atom is 0.252 e. The van der Waals surface area contributed by atoms with Crippen LogP contribution in [0.5, 0.6) is 0 Å². The summed E-state index contributed by atoms with van der Waals surface area (Å²) in [6, 6.07) is 74.1. The number of rotatable bonds is 5. The van der Waals surface area contributed by atoms with E-state index in [0.29, 0.717) is 5.69 Å². The first-order valence-electron chi connectivity index (χ1n) is 34.7. The predicted molar refractivity (Wildman–Crippen MR) is 380 cm³/mol. The molecule has 12 aromatic carbocycles. The molecule has 0 unspecified atom stereocenters. The highest BCUT2D eigenvalue weighted by molar-refractivity contribution is 7.00. The fourth-order valence-corrected chi connectivity index (χ4v) is 14.2. The first kappa shape index (κ1) is 45.4. The lowest BCUT2D eigenvalue weighted by Crippen LogP contribution is -2.60. The molecule has 2 aliphatic rings. The second kappa shape index (κ2) is 19.8. The number of hydrogen-bond acceptors (Lipinski definition) is 1. The van der Waals surface area contributed by atoms with E-state index in [1.807, 2.05) is 6.07 Å². The quantitative estimate of drug-likeness (QED) is 0.157. The molecule has 0 saturated carbocycles. The number of fused-ring (bicyclic) bond motifs is 14. The van der Waals surface area contributed by atoms with E-state index >= 15 is 0 Å². The molecule has 16 rings (SSSR count). The number of para-hydroxylation sites is 3. The standard InChI is InChI=1S/C84H70BN3/c1-82(2,3)57-42-40-53(41-43-57)56-46-70-64-33-19-17-31-62(64)61-30-16-18-32-63(61)65-34-20-25-39-75(65)87-77-50-59(84(7,8)9)51-78-79(77)85(72(47-56)81(70)87)71-45-44-60(86-73-37-23-21-35-66(73)67-36-22-24-38-74(67)86)52-76(71)88(78)80-68(54-26-12-10-13-27-54)48-58(83(4,5)6)49-69(80)55-28-14-11-15-29-55/h10-52H,1-9H3/i21D,22D,23D,24D,35D,36D,37D,38D. The maximum atomic E-state index is 9.78. The van der Waals surface area contributed by atoms with Gasteiger partial charge >= 0.3 is 0 Å². The summed E-state index contributed by atoms with van der Waals surface area (Å²) in [6.07, 6.45) is 0. The Balaban J connectivity index is 1.17. The summed E-state index contributed by atoms with van der Waals surface area (Å²) >= 11 is 0. The Labute approximate surface area is 528 Å². The second-order valence-electron chi connectivity index (χ2n) is 27.1. The Hall–Kier alpha value is -9.90. The van der Waals surface area contributed by atoms with Crippen molar-refractivity contribution < 1.29 is 11.0 Å². The molecule has 4 heteroatoms. The monoisotopic (exact) mass is 1140 g/mol. The average molecular weight is 1140 g/mol. The Morgan fingerprint density at radius 3 is 1.39 bits per heavy atom. The van der Waals surface area contributed by atoms with Crippen molar-refractivity contribution in [2.45, 2.75) is 78.6 Å². The molecule has 4 heterocycles. The molecule has 3 nitrogen and oxygen atoms in total. The lowest BCUT2D eigenvalue weighted by molar-refractivity contribution is 0.590. The predicted octanol–water partition coefficient (Wildman–Crippen LogP) is 20.8. The topological polar surface area (TPSA) is 13.1 Å².